The number of anilines is 1. The highest BCUT2D eigenvalue weighted by Gasteiger charge is 2.10. The number of non-ortho nitro benzene ring substituents is 1. The van der Waals surface area contributed by atoms with Crippen molar-refractivity contribution in [3.05, 3.63) is 52.6 Å². The van der Waals surface area contributed by atoms with Gasteiger partial charge in [-0.05, 0) is 51.5 Å². The average molecular weight is 443 g/mol. The molecular weight excluding hydrogens is 412 g/mol. The first-order chi connectivity index (χ1) is 15.3. The molecule has 3 N–H and O–H groups in total. The Labute approximate surface area is 187 Å². The molecule has 1 amide bonds. The van der Waals surface area contributed by atoms with Crippen molar-refractivity contribution in [1.82, 2.24) is 5.32 Å². The van der Waals surface area contributed by atoms with Crippen molar-refractivity contribution in [2.75, 3.05) is 31.1 Å². The first-order valence-corrected chi connectivity index (χ1v) is 10.6. The zero-order chi connectivity index (χ0) is 23.5. The Balaban J connectivity index is 2.13. The zero-order valence-electron chi connectivity index (χ0n) is 18.7. The highest BCUT2D eigenvalue weighted by molar-refractivity contribution is 5.80. The fourth-order valence-electron chi connectivity index (χ4n) is 2.87. The Morgan fingerprint density at radius 2 is 1.88 bits per heavy atom. The largest absolute Gasteiger partial charge is 0.491 e. The van der Waals surface area contributed by atoms with Crippen molar-refractivity contribution in [2.45, 2.75) is 33.2 Å². The van der Waals surface area contributed by atoms with Crippen LogP contribution in [0.2, 0.25) is 0 Å². The summed E-state index contributed by atoms with van der Waals surface area (Å²) in [5, 5.41) is 22.0. The van der Waals surface area contributed by atoms with Crippen LogP contribution in [0.4, 0.5) is 22.7 Å². The molecule has 32 heavy (non-hydrogen) atoms. The van der Waals surface area contributed by atoms with E-state index < -0.39 is 11.0 Å². The Morgan fingerprint density at radius 3 is 2.47 bits per heavy atom. The van der Waals surface area contributed by atoms with Gasteiger partial charge in [0.05, 0.1) is 23.3 Å². The Kier molecular flexibility index (Phi) is 9.55. The second-order valence-electron chi connectivity index (χ2n) is 7.08. The van der Waals surface area contributed by atoms with Crippen LogP contribution in [0.5, 0.6) is 5.75 Å². The molecule has 2 rings (SSSR count). The maximum atomic E-state index is 11.5. The maximum absolute atomic E-state index is 11.5. The summed E-state index contributed by atoms with van der Waals surface area (Å²) in [5.41, 5.74) is 7.56. The average Bonchev–Trinajstić information content (AvgIpc) is 2.79. The van der Waals surface area contributed by atoms with Gasteiger partial charge in [0.25, 0.3) is 5.69 Å². The number of azo groups is 1. The van der Waals surface area contributed by atoms with Gasteiger partial charge < -0.3 is 20.7 Å². The third-order valence-electron chi connectivity index (χ3n) is 4.70. The predicted molar refractivity (Wildman–Crippen MR) is 124 cm³/mol. The molecule has 172 valence electrons. The molecule has 0 aliphatic rings. The summed E-state index contributed by atoms with van der Waals surface area (Å²) in [7, 11) is 0. The molecule has 0 aliphatic carbocycles. The molecular formula is C22H30N6O4. The van der Waals surface area contributed by atoms with Gasteiger partial charge in [-0.15, -0.1) is 5.11 Å². The first-order valence-electron chi connectivity index (χ1n) is 10.6. The van der Waals surface area contributed by atoms with Crippen LogP contribution in [0, 0.1) is 10.1 Å². The normalized spacial score (nSPS) is 11.9. The molecule has 0 aliphatic heterocycles. The minimum Gasteiger partial charge on any atom is -0.491 e. The Morgan fingerprint density at radius 1 is 1.19 bits per heavy atom. The van der Waals surface area contributed by atoms with Crippen LogP contribution >= 0.6 is 0 Å². The summed E-state index contributed by atoms with van der Waals surface area (Å²) in [6.45, 7) is 8.32. The summed E-state index contributed by atoms with van der Waals surface area (Å²) in [4.78, 5) is 24.1. The molecule has 2 aromatic rings. The summed E-state index contributed by atoms with van der Waals surface area (Å²) in [6.07, 6.45) is 0.604. The third kappa shape index (κ3) is 7.31. The van der Waals surface area contributed by atoms with Crippen LogP contribution in [0.3, 0.4) is 0 Å². The number of benzene rings is 2. The van der Waals surface area contributed by atoms with Gasteiger partial charge in [-0.1, -0.05) is 0 Å². The number of nitrogens with one attached hydrogen (secondary N) is 1. The number of rotatable bonds is 12. The van der Waals surface area contributed by atoms with Gasteiger partial charge in [-0.25, -0.2) is 0 Å². The molecule has 10 nitrogen and oxygen atoms in total. The van der Waals surface area contributed by atoms with Gasteiger partial charge in [0.15, 0.2) is 0 Å². The van der Waals surface area contributed by atoms with E-state index in [1.54, 1.807) is 6.92 Å². The molecule has 0 heterocycles. The number of carbonyl (C=O) groups is 1. The fourth-order valence-corrected chi connectivity index (χ4v) is 2.87. The lowest BCUT2D eigenvalue weighted by Gasteiger charge is -2.22. The zero-order valence-corrected chi connectivity index (χ0v) is 18.7. The van der Waals surface area contributed by atoms with Crippen LogP contribution in [0.25, 0.3) is 0 Å². The SMILES string of the molecule is CCN(CC)c1ccc(N=Nc2ccc([N+](=O)[O-])cc2)c(OCCCNC(=O)[C@@H](C)N)c1. The van der Waals surface area contributed by atoms with Crippen molar-refractivity contribution in [3.63, 3.8) is 0 Å². The molecule has 0 saturated heterocycles. The lowest BCUT2D eigenvalue weighted by atomic mass is 10.2. The molecule has 0 bridgehead atoms. The van der Waals surface area contributed by atoms with E-state index in [1.807, 2.05) is 18.2 Å². The lowest BCUT2D eigenvalue weighted by molar-refractivity contribution is -0.384. The van der Waals surface area contributed by atoms with Crippen LogP contribution in [-0.2, 0) is 4.79 Å². The smallest absolute Gasteiger partial charge is 0.269 e. The summed E-state index contributed by atoms with van der Waals surface area (Å²) in [6, 6.07) is 11.0. The van der Waals surface area contributed by atoms with Gasteiger partial charge in [-0.2, -0.15) is 5.11 Å². The molecule has 10 heteroatoms. The number of nitrogens with zero attached hydrogens (tertiary/aromatic N) is 4. The van der Waals surface area contributed by atoms with E-state index in [4.69, 9.17) is 10.5 Å². The Hall–Kier alpha value is -3.53. The van der Waals surface area contributed by atoms with Gasteiger partial charge in [0.2, 0.25) is 5.91 Å². The number of nitrogens with two attached hydrogens (primary N) is 1. The number of hydrogen-bond donors (Lipinski definition) is 2. The lowest BCUT2D eigenvalue weighted by Crippen LogP contribution is -2.38. The number of hydrogen-bond acceptors (Lipinski definition) is 8. The van der Waals surface area contributed by atoms with E-state index in [2.05, 4.69) is 34.3 Å². The van der Waals surface area contributed by atoms with E-state index in [9.17, 15) is 14.9 Å². The minimum absolute atomic E-state index is 0.00679. The van der Waals surface area contributed by atoms with E-state index >= 15 is 0 Å². The maximum Gasteiger partial charge on any atom is 0.269 e. The van der Waals surface area contributed by atoms with Crippen molar-refractivity contribution in [3.8, 4) is 5.75 Å². The van der Waals surface area contributed by atoms with Crippen molar-refractivity contribution in [2.24, 2.45) is 16.0 Å². The second kappa shape index (κ2) is 12.4. The number of nitro groups is 1. The van der Waals surface area contributed by atoms with Gasteiger partial charge >= 0.3 is 0 Å². The fraction of sp³-hybridized carbons (Fsp3) is 0.409. The second-order valence-corrected chi connectivity index (χ2v) is 7.08. The number of amides is 1. The Bertz CT molecular complexity index is 927. The van der Waals surface area contributed by atoms with Crippen molar-refractivity contribution >= 4 is 28.7 Å². The molecule has 0 aromatic heterocycles. The van der Waals surface area contributed by atoms with Crippen molar-refractivity contribution in [1.29, 1.82) is 0 Å². The van der Waals surface area contributed by atoms with E-state index in [1.165, 1.54) is 24.3 Å². The van der Waals surface area contributed by atoms with Crippen LogP contribution < -0.4 is 20.7 Å². The third-order valence-corrected chi connectivity index (χ3v) is 4.70. The monoisotopic (exact) mass is 442 g/mol. The summed E-state index contributed by atoms with van der Waals surface area (Å²) >= 11 is 0. The molecule has 0 radical (unpaired) electrons. The van der Waals surface area contributed by atoms with Crippen LogP contribution in [0.15, 0.2) is 52.7 Å². The first kappa shape index (κ1) is 24.7. The number of nitro benzene ring substituents is 1. The molecule has 0 saturated carbocycles. The number of carbonyl (C=O) groups excluding carboxylic acids is 1. The highest BCUT2D eigenvalue weighted by atomic mass is 16.6. The molecule has 0 spiro atoms. The van der Waals surface area contributed by atoms with Gasteiger partial charge in [0, 0.05) is 43.5 Å². The minimum atomic E-state index is -0.548. The standard InChI is InChI=1S/C22H30N6O4/c1-4-27(5-2)19-11-12-20(26-25-17-7-9-18(10-8-17)28(30)31)21(15-19)32-14-6-13-24-22(29)16(3)23/h7-12,15-16H,4-6,13-14,23H2,1-3H3,(H,24,29)/t16-/m1/s1. The molecule has 2 aromatic carbocycles. The number of ether oxygens (including phenoxy) is 1. The van der Waals surface area contributed by atoms with E-state index in [-0.39, 0.29) is 11.6 Å². The van der Waals surface area contributed by atoms with Crippen LogP contribution in [-0.4, -0.2) is 43.1 Å². The van der Waals surface area contributed by atoms with E-state index in [0.29, 0.717) is 36.7 Å². The van der Waals surface area contributed by atoms with Gasteiger partial charge in [0.1, 0.15) is 11.4 Å². The molecule has 0 fully saturated rings. The van der Waals surface area contributed by atoms with Crippen molar-refractivity contribution < 1.29 is 14.5 Å². The van der Waals surface area contributed by atoms with E-state index in [0.717, 1.165) is 18.8 Å². The molecule has 1 atom stereocenters. The van der Waals surface area contributed by atoms with Crippen LogP contribution in [0.1, 0.15) is 27.2 Å². The van der Waals surface area contributed by atoms with Gasteiger partial charge in [-0.3, -0.25) is 14.9 Å². The highest BCUT2D eigenvalue weighted by Crippen LogP contribution is 2.34. The quantitative estimate of drug-likeness (QED) is 0.220. The predicted octanol–water partition coefficient (Wildman–Crippen LogP) is 4.09. The molecule has 0 unspecified atom stereocenters. The summed E-state index contributed by atoms with van der Waals surface area (Å²) in [5.74, 6) is 0.365. The summed E-state index contributed by atoms with van der Waals surface area (Å²) < 4.78 is 5.95. The topological polar surface area (TPSA) is 135 Å².